The van der Waals surface area contributed by atoms with E-state index in [-0.39, 0.29) is 10.8 Å². The molecule has 0 aromatic heterocycles. The summed E-state index contributed by atoms with van der Waals surface area (Å²) in [6.45, 7) is 24.9. The van der Waals surface area contributed by atoms with Gasteiger partial charge in [0.25, 0.3) is 0 Å². The highest BCUT2D eigenvalue weighted by Crippen LogP contribution is 2.43. The fraction of sp³-hybridized carbons (Fsp3) is 0.591. The number of rotatable bonds is 21. The Bertz CT molecular complexity index is 1420. The van der Waals surface area contributed by atoms with Crippen LogP contribution in [-0.2, 0) is 10.8 Å². The molecule has 0 unspecified atom stereocenters. The zero-order chi connectivity index (χ0) is 36.3. The first-order valence-electron chi connectivity index (χ1n) is 19.7. The van der Waals surface area contributed by atoms with Crippen LogP contribution < -0.4 is 0 Å². The van der Waals surface area contributed by atoms with Gasteiger partial charge in [0.2, 0.25) is 11.4 Å². The van der Waals surface area contributed by atoms with Crippen molar-refractivity contribution in [2.75, 3.05) is 39.3 Å². The quantitative estimate of drug-likeness (QED) is 0.0940. The first-order chi connectivity index (χ1) is 24.0. The minimum Gasteiger partial charge on any atom is -0.377 e. The lowest BCUT2D eigenvalue weighted by Gasteiger charge is -2.21. The Morgan fingerprint density at radius 2 is 0.880 bits per heavy atom. The van der Waals surface area contributed by atoms with Gasteiger partial charge in [-0.25, -0.2) is 0 Å². The Labute approximate surface area is 315 Å². The van der Waals surface area contributed by atoms with Gasteiger partial charge in [-0.15, -0.1) is 0 Å². The summed E-state index contributed by atoms with van der Waals surface area (Å²) in [5.41, 5.74) is 7.75. The number of allylic oxidation sites excluding steroid dienone is 2. The van der Waals surface area contributed by atoms with Crippen LogP contribution in [0.15, 0.2) is 61.0 Å². The van der Waals surface area contributed by atoms with E-state index in [4.69, 9.17) is 23.2 Å². The molecule has 2 aromatic rings. The monoisotopic (exact) mass is 720 g/mol. The molecule has 2 aliphatic heterocycles. The standard InChI is InChI=1S/C44H66Cl2N4/c1-9-13-25-47(26-14-10-2)31-23-41-43(5,6)37-21-19-35(45)33-39(37)49(41)29-17-18-30-50-40-34-36(46)20-22-38(40)44(7,8)42(50)24-32-48(27-15-11-3)28-16-12-4/h19-24,31-34H,9-18,25-30H2,1-8H3/q+2. The number of hydrogen-bond acceptors (Lipinski definition) is 2. The van der Waals surface area contributed by atoms with E-state index in [1.165, 1.54) is 85.3 Å². The molecule has 0 amide bonds. The van der Waals surface area contributed by atoms with Crippen molar-refractivity contribution >= 4 is 46.0 Å². The van der Waals surface area contributed by atoms with Crippen LogP contribution in [0.25, 0.3) is 0 Å². The summed E-state index contributed by atoms with van der Waals surface area (Å²) in [7, 11) is 0. The molecule has 6 heteroatoms. The van der Waals surface area contributed by atoms with Crippen LogP contribution >= 0.6 is 23.2 Å². The molecule has 0 N–H and O–H groups in total. The van der Waals surface area contributed by atoms with Gasteiger partial charge in [0.15, 0.2) is 11.4 Å². The SMILES string of the molecule is CCCCN(C=CC1=[N+](CCCC[N+]2=C(C=CN(CCCC)CCCC)C(C)(C)c3ccc(Cl)cc32)c2cc(Cl)ccc2C1(C)C)CCCC. The third kappa shape index (κ3) is 9.65. The largest absolute Gasteiger partial charge is 0.377 e. The number of fused-ring (bicyclic) bond motifs is 2. The fourth-order valence-electron chi connectivity index (χ4n) is 7.66. The third-order valence-corrected chi connectivity index (χ3v) is 11.3. The molecule has 2 aromatic carbocycles. The van der Waals surface area contributed by atoms with E-state index < -0.39 is 0 Å². The summed E-state index contributed by atoms with van der Waals surface area (Å²) >= 11 is 13.3. The topological polar surface area (TPSA) is 12.5 Å². The fourth-order valence-corrected chi connectivity index (χ4v) is 7.99. The van der Waals surface area contributed by atoms with Gasteiger partial charge in [0.1, 0.15) is 13.1 Å². The van der Waals surface area contributed by atoms with Crippen molar-refractivity contribution in [3.05, 3.63) is 82.1 Å². The minimum absolute atomic E-state index is 0.0978. The number of unbranched alkanes of at least 4 members (excludes halogenated alkanes) is 5. The maximum absolute atomic E-state index is 6.64. The average Bonchev–Trinajstić information content (AvgIpc) is 3.42. The van der Waals surface area contributed by atoms with Crippen LogP contribution in [0.2, 0.25) is 10.0 Å². The molecule has 0 aliphatic carbocycles. The van der Waals surface area contributed by atoms with Crippen LogP contribution in [0.1, 0.15) is 131 Å². The van der Waals surface area contributed by atoms with Gasteiger partial charge >= 0.3 is 0 Å². The van der Waals surface area contributed by atoms with Gasteiger partial charge in [-0.05, 0) is 77.6 Å². The maximum atomic E-state index is 6.64. The molecule has 0 bridgehead atoms. The summed E-state index contributed by atoms with van der Waals surface area (Å²) in [4.78, 5) is 5.05. The number of hydrogen-bond donors (Lipinski definition) is 0. The molecule has 2 heterocycles. The molecule has 2 aliphatic rings. The molecule has 4 nitrogen and oxygen atoms in total. The molecule has 0 spiro atoms. The van der Waals surface area contributed by atoms with E-state index >= 15 is 0 Å². The van der Waals surface area contributed by atoms with Crippen LogP contribution in [0, 0.1) is 0 Å². The number of benzene rings is 2. The Morgan fingerprint density at radius 1 is 0.540 bits per heavy atom. The van der Waals surface area contributed by atoms with E-state index in [1.807, 2.05) is 0 Å². The first-order valence-corrected chi connectivity index (χ1v) is 20.5. The Morgan fingerprint density at radius 3 is 1.20 bits per heavy atom. The van der Waals surface area contributed by atoms with Crippen molar-refractivity contribution in [3.8, 4) is 0 Å². The molecule has 0 fully saturated rings. The van der Waals surface area contributed by atoms with Gasteiger partial charge in [-0.2, -0.15) is 9.15 Å². The van der Waals surface area contributed by atoms with Crippen LogP contribution in [0.3, 0.4) is 0 Å². The van der Waals surface area contributed by atoms with Crippen molar-refractivity contribution in [1.29, 1.82) is 0 Å². The van der Waals surface area contributed by atoms with E-state index in [2.05, 4.69) is 135 Å². The van der Waals surface area contributed by atoms with Gasteiger partial charge in [-0.3, -0.25) is 0 Å². The Balaban J connectivity index is 1.63. The molecule has 0 atom stereocenters. The van der Waals surface area contributed by atoms with Crippen molar-refractivity contribution in [2.45, 2.75) is 130 Å². The zero-order valence-corrected chi connectivity index (χ0v) is 34.1. The summed E-state index contributed by atoms with van der Waals surface area (Å²) in [5, 5.41) is 1.60. The highest BCUT2D eigenvalue weighted by Gasteiger charge is 2.46. The number of halogens is 2. The minimum atomic E-state index is -0.0978. The van der Waals surface area contributed by atoms with Crippen LogP contribution in [-0.4, -0.2) is 69.6 Å². The second-order valence-corrected chi connectivity index (χ2v) is 16.3. The number of nitrogens with zero attached hydrogens (tertiary/aromatic N) is 4. The molecule has 0 saturated heterocycles. The lowest BCUT2D eigenvalue weighted by Crippen LogP contribution is -2.30. The third-order valence-electron chi connectivity index (χ3n) is 10.8. The van der Waals surface area contributed by atoms with Crippen LogP contribution in [0.5, 0.6) is 0 Å². The molecular weight excluding hydrogens is 655 g/mol. The van der Waals surface area contributed by atoms with Gasteiger partial charge < -0.3 is 9.80 Å². The molecule has 274 valence electrons. The summed E-state index contributed by atoms with van der Waals surface area (Å²) in [5.74, 6) is 0. The highest BCUT2D eigenvalue weighted by atomic mass is 35.5. The normalized spacial score (nSPS) is 16.3. The van der Waals surface area contributed by atoms with Gasteiger partial charge in [-0.1, -0.05) is 76.6 Å². The average molecular weight is 722 g/mol. The molecule has 0 saturated carbocycles. The summed E-state index contributed by atoms with van der Waals surface area (Å²) in [6, 6.07) is 12.9. The molecular formula is C44H66Cl2N4+2. The smallest absolute Gasteiger partial charge is 0.211 e. The maximum Gasteiger partial charge on any atom is 0.211 e. The molecule has 0 radical (unpaired) electrons. The van der Waals surface area contributed by atoms with E-state index in [1.54, 1.807) is 0 Å². The predicted octanol–water partition coefficient (Wildman–Crippen LogP) is 12.1. The highest BCUT2D eigenvalue weighted by molar-refractivity contribution is 6.31. The summed E-state index contributed by atoms with van der Waals surface area (Å²) < 4.78 is 5.11. The van der Waals surface area contributed by atoms with E-state index in [0.717, 1.165) is 62.2 Å². The van der Waals surface area contributed by atoms with E-state index in [9.17, 15) is 0 Å². The second-order valence-electron chi connectivity index (χ2n) is 15.5. The van der Waals surface area contributed by atoms with Crippen LogP contribution in [0.4, 0.5) is 11.4 Å². The molecule has 4 rings (SSSR count). The Kier molecular flexibility index (Phi) is 15.1. The predicted molar refractivity (Wildman–Crippen MR) is 219 cm³/mol. The van der Waals surface area contributed by atoms with Crippen molar-refractivity contribution < 1.29 is 9.15 Å². The zero-order valence-electron chi connectivity index (χ0n) is 32.6. The second kappa shape index (κ2) is 18.8. The van der Waals surface area contributed by atoms with E-state index in [0.29, 0.717) is 0 Å². The summed E-state index contributed by atoms with van der Waals surface area (Å²) in [6.07, 6.45) is 21.4. The molecule has 50 heavy (non-hydrogen) atoms. The van der Waals surface area contributed by atoms with Crippen molar-refractivity contribution in [2.24, 2.45) is 0 Å². The van der Waals surface area contributed by atoms with Gasteiger partial charge in [0.05, 0.1) is 10.8 Å². The lowest BCUT2D eigenvalue weighted by atomic mass is 9.81. The first kappa shape index (κ1) is 40.2. The van der Waals surface area contributed by atoms with Crippen molar-refractivity contribution in [1.82, 2.24) is 9.80 Å². The van der Waals surface area contributed by atoms with Gasteiger partial charge in [0, 0.05) is 96.9 Å². The Hall–Kier alpha value is -2.56. The van der Waals surface area contributed by atoms with Crippen molar-refractivity contribution in [3.63, 3.8) is 0 Å². The lowest BCUT2D eigenvalue weighted by molar-refractivity contribution is -0.451.